The SMILES string of the molecule is Cc1cccnc1CNC(=O)CN. The summed E-state index contributed by atoms with van der Waals surface area (Å²) in [6.45, 7) is 2.42. The fraction of sp³-hybridized carbons (Fsp3) is 0.333. The van der Waals surface area contributed by atoms with Gasteiger partial charge in [-0.1, -0.05) is 6.07 Å². The number of amides is 1. The van der Waals surface area contributed by atoms with Crippen LogP contribution in [0.4, 0.5) is 0 Å². The summed E-state index contributed by atoms with van der Waals surface area (Å²) in [5.74, 6) is -0.162. The first-order valence-electron chi connectivity index (χ1n) is 4.11. The van der Waals surface area contributed by atoms with Gasteiger partial charge in [-0.05, 0) is 18.6 Å². The predicted molar refractivity (Wildman–Crippen MR) is 49.9 cm³/mol. The molecule has 1 heterocycles. The number of nitrogens with two attached hydrogens (primary N) is 1. The normalized spacial score (nSPS) is 9.69. The van der Waals surface area contributed by atoms with E-state index in [1.165, 1.54) is 0 Å². The monoisotopic (exact) mass is 179 g/mol. The van der Waals surface area contributed by atoms with Crippen molar-refractivity contribution in [3.8, 4) is 0 Å². The number of aromatic nitrogens is 1. The van der Waals surface area contributed by atoms with Gasteiger partial charge < -0.3 is 11.1 Å². The highest BCUT2D eigenvalue weighted by Gasteiger charge is 2.00. The highest BCUT2D eigenvalue weighted by atomic mass is 16.1. The Morgan fingerprint density at radius 1 is 1.69 bits per heavy atom. The Morgan fingerprint density at radius 3 is 3.08 bits per heavy atom. The standard InChI is InChI=1S/C9H13N3O/c1-7-3-2-4-11-8(7)6-12-9(13)5-10/h2-4H,5-6,10H2,1H3,(H,12,13). The van der Waals surface area contributed by atoms with E-state index in [-0.39, 0.29) is 12.5 Å². The van der Waals surface area contributed by atoms with Crippen molar-refractivity contribution >= 4 is 5.91 Å². The van der Waals surface area contributed by atoms with Gasteiger partial charge in [0.2, 0.25) is 5.91 Å². The Morgan fingerprint density at radius 2 is 2.46 bits per heavy atom. The molecule has 1 amide bonds. The lowest BCUT2D eigenvalue weighted by Crippen LogP contribution is -2.30. The molecule has 3 N–H and O–H groups in total. The van der Waals surface area contributed by atoms with Gasteiger partial charge in [0.1, 0.15) is 0 Å². The second kappa shape index (κ2) is 4.57. The Balaban J connectivity index is 2.54. The first-order chi connectivity index (χ1) is 6.24. The van der Waals surface area contributed by atoms with Gasteiger partial charge in [0.05, 0.1) is 18.8 Å². The van der Waals surface area contributed by atoms with Crippen LogP contribution in [0, 0.1) is 6.92 Å². The molecule has 4 nitrogen and oxygen atoms in total. The Hall–Kier alpha value is -1.42. The van der Waals surface area contributed by atoms with E-state index < -0.39 is 0 Å². The lowest BCUT2D eigenvalue weighted by Gasteiger charge is -2.04. The van der Waals surface area contributed by atoms with Crippen LogP contribution in [-0.2, 0) is 11.3 Å². The minimum atomic E-state index is -0.162. The van der Waals surface area contributed by atoms with Gasteiger partial charge in [0, 0.05) is 6.20 Å². The molecule has 0 spiro atoms. The van der Waals surface area contributed by atoms with Crippen molar-refractivity contribution in [1.82, 2.24) is 10.3 Å². The predicted octanol–water partition coefficient (Wildman–Crippen LogP) is -0.0351. The smallest absolute Gasteiger partial charge is 0.234 e. The lowest BCUT2D eigenvalue weighted by molar-refractivity contribution is -0.119. The maximum atomic E-state index is 10.8. The van der Waals surface area contributed by atoms with E-state index in [9.17, 15) is 4.79 Å². The fourth-order valence-corrected chi connectivity index (χ4v) is 0.958. The zero-order valence-electron chi connectivity index (χ0n) is 7.58. The summed E-state index contributed by atoms with van der Waals surface area (Å²) in [5.41, 5.74) is 7.09. The number of nitrogens with zero attached hydrogens (tertiary/aromatic N) is 1. The molecule has 0 aliphatic rings. The molecule has 0 aromatic carbocycles. The maximum Gasteiger partial charge on any atom is 0.234 e. The molecule has 13 heavy (non-hydrogen) atoms. The highest BCUT2D eigenvalue weighted by molar-refractivity contribution is 5.77. The minimum Gasteiger partial charge on any atom is -0.349 e. The minimum absolute atomic E-state index is 0.0197. The van der Waals surface area contributed by atoms with E-state index in [2.05, 4.69) is 10.3 Å². The summed E-state index contributed by atoms with van der Waals surface area (Å²) in [6.07, 6.45) is 1.71. The van der Waals surface area contributed by atoms with E-state index in [1.54, 1.807) is 6.20 Å². The van der Waals surface area contributed by atoms with Crippen LogP contribution >= 0.6 is 0 Å². The van der Waals surface area contributed by atoms with Crippen LogP contribution in [0.1, 0.15) is 11.3 Å². The highest BCUT2D eigenvalue weighted by Crippen LogP contribution is 2.01. The maximum absolute atomic E-state index is 10.8. The Labute approximate surface area is 77.2 Å². The molecule has 0 aliphatic carbocycles. The van der Waals surface area contributed by atoms with Crippen molar-refractivity contribution in [2.75, 3.05) is 6.54 Å². The number of aryl methyl sites for hydroxylation is 1. The molecule has 1 rings (SSSR count). The molecule has 1 aromatic heterocycles. The van der Waals surface area contributed by atoms with E-state index >= 15 is 0 Å². The van der Waals surface area contributed by atoms with Crippen LogP contribution in [0.3, 0.4) is 0 Å². The number of pyridine rings is 1. The quantitative estimate of drug-likeness (QED) is 0.684. The third kappa shape index (κ3) is 2.83. The summed E-state index contributed by atoms with van der Waals surface area (Å²) < 4.78 is 0. The van der Waals surface area contributed by atoms with Gasteiger partial charge in [-0.25, -0.2) is 0 Å². The van der Waals surface area contributed by atoms with Gasteiger partial charge >= 0.3 is 0 Å². The second-order valence-electron chi connectivity index (χ2n) is 2.75. The van der Waals surface area contributed by atoms with E-state index in [0.29, 0.717) is 6.54 Å². The lowest BCUT2D eigenvalue weighted by atomic mass is 10.2. The molecule has 0 unspecified atom stereocenters. The van der Waals surface area contributed by atoms with Crippen LogP contribution in [0.15, 0.2) is 18.3 Å². The van der Waals surface area contributed by atoms with Gasteiger partial charge in [-0.2, -0.15) is 0 Å². The molecule has 0 bridgehead atoms. The Kier molecular flexibility index (Phi) is 3.40. The first-order valence-corrected chi connectivity index (χ1v) is 4.11. The van der Waals surface area contributed by atoms with Crippen LogP contribution in [0.5, 0.6) is 0 Å². The van der Waals surface area contributed by atoms with Crippen LogP contribution in [0.25, 0.3) is 0 Å². The number of hydrogen-bond acceptors (Lipinski definition) is 3. The third-order valence-corrected chi connectivity index (χ3v) is 1.76. The summed E-state index contributed by atoms with van der Waals surface area (Å²) >= 11 is 0. The topological polar surface area (TPSA) is 68.0 Å². The molecule has 0 saturated carbocycles. The third-order valence-electron chi connectivity index (χ3n) is 1.76. The first kappa shape index (κ1) is 9.67. The van der Waals surface area contributed by atoms with Crippen molar-refractivity contribution in [3.63, 3.8) is 0 Å². The zero-order valence-corrected chi connectivity index (χ0v) is 7.58. The molecule has 0 radical (unpaired) electrons. The van der Waals surface area contributed by atoms with E-state index in [1.807, 2.05) is 19.1 Å². The van der Waals surface area contributed by atoms with Gasteiger partial charge in [-0.15, -0.1) is 0 Å². The van der Waals surface area contributed by atoms with Crippen LogP contribution in [0.2, 0.25) is 0 Å². The largest absolute Gasteiger partial charge is 0.349 e. The molecule has 0 aliphatic heterocycles. The second-order valence-corrected chi connectivity index (χ2v) is 2.75. The average molecular weight is 179 g/mol. The molecule has 0 fully saturated rings. The summed E-state index contributed by atoms with van der Waals surface area (Å²) in [4.78, 5) is 15.0. The average Bonchev–Trinajstić information content (AvgIpc) is 2.16. The number of nitrogens with one attached hydrogen (secondary N) is 1. The molecular weight excluding hydrogens is 166 g/mol. The van der Waals surface area contributed by atoms with Crippen molar-refractivity contribution in [1.29, 1.82) is 0 Å². The number of carbonyl (C=O) groups is 1. The van der Waals surface area contributed by atoms with Gasteiger partial charge in [-0.3, -0.25) is 9.78 Å². The molecule has 4 heteroatoms. The molecule has 0 atom stereocenters. The van der Waals surface area contributed by atoms with Crippen LogP contribution < -0.4 is 11.1 Å². The van der Waals surface area contributed by atoms with Gasteiger partial charge in [0.25, 0.3) is 0 Å². The summed E-state index contributed by atoms with van der Waals surface area (Å²) in [6, 6.07) is 3.82. The van der Waals surface area contributed by atoms with Crippen molar-refractivity contribution in [2.24, 2.45) is 5.73 Å². The number of carbonyl (C=O) groups excluding carboxylic acids is 1. The summed E-state index contributed by atoms with van der Waals surface area (Å²) in [7, 11) is 0. The Bertz CT molecular complexity index is 299. The molecular formula is C9H13N3O. The van der Waals surface area contributed by atoms with Crippen LogP contribution in [-0.4, -0.2) is 17.4 Å². The number of hydrogen-bond donors (Lipinski definition) is 2. The van der Waals surface area contributed by atoms with Crippen molar-refractivity contribution in [2.45, 2.75) is 13.5 Å². The summed E-state index contributed by atoms with van der Waals surface area (Å²) in [5, 5.41) is 2.66. The fourth-order valence-electron chi connectivity index (χ4n) is 0.958. The molecule has 70 valence electrons. The zero-order chi connectivity index (χ0) is 9.68. The van der Waals surface area contributed by atoms with E-state index in [4.69, 9.17) is 5.73 Å². The van der Waals surface area contributed by atoms with E-state index in [0.717, 1.165) is 11.3 Å². The molecule has 0 saturated heterocycles. The number of rotatable bonds is 3. The van der Waals surface area contributed by atoms with Crippen molar-refractivity contribution in [3.05, 3.63) is 29.6 Å². The van der Waals surface area contributed by atoms with Gasteiger partial charge in [0.15, 0.2) is 0 Å². The molecule has 1 aromatic rings. The van der Waals surface area contributed by atoms with Crippen molar-refractivity contribution < 1.29 is 4.79 Å².